The van der Waals surface area contributed by atoms with E-state index in [1.54, 1.807) is 25.1 Å². The molecule has 0 aliphatic heterocycles. The zero-order valence-electron chi connectivity index (χ0n) is 8.16. The molecule has 2 nitrogen and oxygen atoms in total. The highest BCUT2D eigenvalue weighted by Gasteiger charge is 2.02. The summed E-state index contributed by atoms with van der Waals surface area (Å²) in [6.45, 7) is 5.78. The zero-order valence-corrected chi connectivity index (χ0v) is 9.16. The third-order valence-corrected chi connectivity index (χ3v) is 1.38. The molecule has 0 unspecified atom stereocenters. The number of benzene rings is 1. The second-order valence-electron chi connectivity index (χ2n) is 2.12. The molecule has 0 aliphatic carbocycles. The van der Waals surface area contributed by atoms with Crippen molar-refractivity contribution in [1.82, 2.24) is 0 Å². The Morgan fingerprint density at radius 3 is 2.00 bits per heavy atom. The molecule has 1 aromatic carbocycles. The van der Waals surface area contributed by atoms with Crippen LogP contribution in [0.15, 0.2) is 24.3 Å². The average Bonchev–Trinajstić information content (AvgIpc) is 2.08. The SMILES string of the molecule is CC.Cc1ccccc1C(=O)O.S. The van der Waals surface area contributed by atoms with E-state index in [4.69, 9.17) is 5.11 Å². The van der Waals surface area contributed by atoms with Crippen LogP contribution in [0, 0.1) is 6.92 Å². The minimum atomic E-state index is -0.863. The van der Waals surface area contributed by atoms with E-state index in [-0.39, 0.29) is 13.5 Å². The number of aryl methyl sites for hydroxylation is 1. The van der Waals surface area contributed by atoms with E-state index in [1.165, 1.54) is 0 Å². The first-order valence-corrected chi connectivity index (χ1v) is 4.01. The zero-order chi connectivity index (χ0) is 9.56. The number of carboxylic acid groups (broad SMARTS) is 1. The van der Waals surface area contributed by atoms with Crippen molar-refractivity contribution >= 4 is 19.5 Å². The monoisotopic (exact) mass is 200 g/mol. The molecule has 1 rings (SSSR count). The summed E-state index contributed by atoms with van der Waals surface area (Å²) in [6, 6.07) is 6.92. The summed E-state index contributed by atoms with van der Waals surface area (Å²) in [5, 5.41) is 8.57. The lowest BCUT2D eigenvalue weighted by molar-refractivity contribution is 0.0696. The van der Waals surface area contributed by atoms with Gasteiger partial charge >= 0.3 is 5.97 Å². The molecule has 1 N–H and O–H groups in total. The maximum atomic E-state index is 10.4. The maximum absolute atomic E-state index is 10.4. The van der Waals surface area contributed by atoms with Gasteiger partial charge in [-0.05, 0) is 18.6 Å². The summed E-state index contributed by atoms with van der Waals surface area (Å²) in [4.78, 5) is 10.4. The van der Waals surface area contributed by atoms with E-state index < -0.39 is 5.97 Å². The predicted octanol–water partition coefficient (Wildman–Crippen LogP) is 2.83. The van der Waals surface area contributed by atoms with Crippen molar-refractivity contribution in [2.45, 2.75) is 20.8 Å². The lowest BCUT2D eigenvalue weighted by Crippen LogP contribution is -1.97. The minimum absolute atomic E-state index is 0. The van der Waals surface area contributed by atoms with Crippen LogP contribution < -0.4 is 0 Å². The normalized spacial score (nSPS) is 7.62. The summed E-state index contributed by atoms with van der Waals surface area (Å²) in [5.74, 6) is -0.863. The second kappa shape index (κ2) is 7.68. The Kier molecular flexibility index (Phi) is 8.60. The quantitative estimate of drug-likeness (QED) is 0.757. The summed E-state index contributed by atoms with van der Waals surface area (Å²) in [7, 11) is 0. The third kappa shape index (κ3) is 4.58. The van der Waals surface area contributed by atoms with Gasteiger partial charge in [0, 0.05) is 0 Å². The molecule has 1 aromatic rings. The van der Waals surface area contributed by atoms with Gasteiger partial charge in [0.2, 0.25) is 0 Å². The Labute approximate surface area is 86.0 Å². The van der Waals surface area contributed by atoms with Crippen molar-refractivity contribution < 1.29 is 9.90 Å². The topological polar surface area (TPSA) is 37.3 Å². The van der Waals surface area contributed by atoms with Gasteiger partial charge in [-0.25, -0.2) is 4.79 Å². The van der Waals surface area contributed by atoms with Crippen molar-refractivity contribution in [3.63, 3.8) is 0 Å². The fourth-order valence-corrected chi connectivity index (χ4v) is 0.813. The molecule has 74 valence electrons. The van der Waals surface area contributed by atoms with Gasteiger partial charge in [0.05, 0.1) is 5.56 Å². The van der Waals surface area contributed by atoms with Crippen LogP contribution in [0.3, 0.4) is 0 Å². The van der Waals surface area contributed by atoms with E-state index >= 15 is 0 Å². The highest BCUT2D eigenvalue weighted by Crippen LogP contribution is 2.05. The number of hydrogen-bond acceptors (Lipinski definition) is 1. The van der Waals surface area contributed by atoms with Gasteiger partial charge in [-0.3, -0.25) is 0 Å². The first-order valence-electron chi connectivity index (χ1n) is 4.01. The molecule has 0 aromatic heterocycles. The van der Waals surface area contributed by atoms with Crippen LogP contribution >= 0.6 is 13.5 Å². The summed E-state index contributed by atoms with van der Waals surface area (Å²) in [5.41, 5.74) is 1.18. The van der Waals surface area contributed by atoms with Gasteiger partial charge in [-0.15, -0.1) is 0 Å². The first-order chi connectivity index (χ1) is 5.72. The van der Waals surface area contributed by atoms with Crippen molar-refractivity contribution in [3.8, 4) is 0 Å². The van der Waals surface area contributed by atoms with Crippen LogP contribution in [0.4, 0.5) is 0 Å². The largest absolute Gasteiger partial charge is 0.478 e. The van der Waals surface area contributed by atoms with Crippen LogP contribution in [-0.2, 0) is 0 Å². The molecule has 0 bridgehead atoms. The van der Waals surface area contributed by atoms with Crippen LogP contribution in [-0.4, -0.2) is 11.1 Å². The van der Waals surface area contributed by atoms with Gasteiger partial charge in [0.1, 0.15) is 0 Å². The Morgan fingerprint density at radius 2 is 1.69 bits per heavy atom. The Balaban J connectivity index is 0. The molecule has 3 heteroatoms. The molecule has 0 heterocycles. The number of rotatable bonds is 1. The van der Waals surface area contributed by atoms with Crippen molar-refractivity contribution in [2.24, 2.45) is 0 Å². The highest BCUT2D eigenvalue weighted by molar-refractivity contribution is 7.59. The standard InChI is InChI=1S/C8H8O2.C2H6.H2S/c1-6-4-2-3-5-7(6)8(9)10;1-2;/h2-5H,1H3,(H,9,10);1-2H3;1H2. The molecule has 0 fully saturated rings. The van der Waals surface area contributed by atoms with Crippen LogP contribution in [0.5, 0.6) is 0 Å². The highest BCUT2D eigenvalue weighted by atomic mass is 32.1. The lowest BCUT2D eigenvalue weighted by Gasteiger charge is -1.96. The molecule has 0 amide bonds. The third-order valence-electron chi connectivity index (χ3n) is 1.38. The van der Waals surface area contributed by atoms with E-state index in [0.29, 0.717) is 5.56 Å². The number of hydrogen-bond donors (Lipinski definition) is 1. The van der Waals surface area contributed by atoms with Crippen molar-refractivity contribution in [3.05, 3.63) is 35.4 Å². The van der Waals surface area contributed by atoms with Gasteiger partial charge in [-0.2, -0.15) is 13.5 Å². The van der Waals surface area contributed by atoms with E-state index in [1.807, 2.05) is 19.9 Å². The Morgan fingerprint density at radius 1 is 1.23 bits per heavy atom. The van der Waals surface area contributed by atoms with Gasteiger partial charge in [0.15, 0.2) is 0 Å². The Bertz CT molecular complexity index is 259. The number of carboxylic acids is 1. The number of carbonyl (C=O) groups is 1. The van der Waals surface area contributed by atoms with Gasteiger partial charge in [-0.1, -0.05) is 32.0 Å². The van der Waals surface area contributed by atoms with Crippen molar-refractivity contribution in [1.29, 1.82) is 0 Å². The van der Waals surface area contributed by atoms with E-state index in [9.17, 15) is 4.79 Å². The molecule has 0 atom stereocenters. The maximum Gasteiger partial charge on any atom is 0.335 e. The second-order valence-corrected chi connectivity index (χ2v) is 2.12. The fraction of sp³-hybridized carbons (Fsp3) is 0.300. The molecule has 0 saturated heterocycles. The van der Waals surface area contributed by atoms with Crippen molar-refractivity contribution in [2.75, 3.05) is 0 Å². The average molecular weight is 200 g/mol. The smallest absolute Gasteiger partial charge is 0.335 e. The Hall–Kier alpha value is -0.960. The van der Waals surface area contributed by atoms with E-state index in [2.05, 4.69) is 0 Å². The predicted molar refractivity (Wildman–Crippen MR) is 59.9 cm³/mol. The van der Waals surface area contributed by atoms with Gasteiger partial charge < -0.3 is 5.11 Å². The summed E-state index contributed by atoms with van der Waals surface area (Å²) in [6.07, 6.45) is 0. The lowest BCUT2D eigenvalue weighted by atomic mass is 10.1. The summed E-state index contributed by atoms with van der Waals surface area (Å²) < 4.78 is 0. The van der Waals surface area contributed by atoms with E-state index in [0.717, 1.165) is 5.56 Å². The minimum Gasteiger partial charge on any atom is -0.478 e. The molecule has 13 heavy (non-hydrogen) atoms. The van der Waals surface area contributed by atoms with Crippen LogP contribution in [0.25, 0.3) is 0 Å². The number of aromatic carboxylic acids is 1. The molecule has 0 saturated carbocycles. The fourth-order valence-electron chi connectivity index (χ4n) is 0.813. The molecule has 0 radical (unpaired) electrons. The first kappa shape index (κ1) is 14.6. The summed E-state index contributed by atoms with van der Waals surface area (Å²) >= 11 is 0. The molecule has 0 spiro atoms. The van der Waals surface area contributed by atoms with Crippen LogP contribution in [0.1, 0.15) is 29.8 Å². The molecular formula is C10H16O2S. The van der Waals surface area contributed by atoms with Crippen LogP contribution in [0.2, 0.25) is 0 Å². The van der Waals surface area contributed by atoms with Gasteiger partial charge in [0.25, 0.3) is 0 Å². The molecular weight excluding hydrogens is 184 g/mol. The molecule has 0 aliphatic rings.